The number of anilines is 2. The van der Waals surface area contributed by atoms with Crippen molar-refractivity contribution in [2.45, 2.75) is 39.8 Å². The van der Waals surface area contributed by atoms with Gasteiger partial charge in [-0.1, -0.05) is 61.0 Å². The van der Waals surface area contributed by atoms with E-state index >= 15 is 0 Å². The highest BCUT2D eigenvalue weighted by atomic mass is 35.5. The summed E-state index contributed by atoms with van der Waals surface area (Å²) >= 11 is 6.02. The number of rotatable bonds is 6. The maximum atomic E-state index is 12.9. The van der Waals surface area contributed by atoms with E-state index in [0.717, 1.165) is 45.9 Å². The predicted molar refractivity (Wildman–Crippen MR) is 143 cm³/mol. The molecule has 0 aliphatic carbocycles. The fourth-order valence-corrected chi connectivity index (χ4v) is 4.64. The normalized spacial score (nSPS) is 13.0. The van der Waals surface area contributed by atoms with Gasteiger partial charge in [-0.15, -0.1) is 0 Å². The van der Waals surface area contributed by atoms with Crippen LogP contribution in [0.2, 0.25) is 5.02 Å². The minimum atomic E-state index is -0.148. The van der Waals surface area contributed by atoms with E-state index in [4.69, 9.17) is 16.7 Å². The zero-order chi connectivity index (χ0) is 25.2. The molecule has 0 fully saturated rings. The fraction of sp³-hybridized carbons (Fsp3) is 0.207. The van der Waals surface area contributed by atoms with Crippen LogP contribution < -0.4 is 10.2 Å². The lowest BCUT2D eigenvalue weighted by Gasteiger charge is -2.27. The van der Waals surface area contributed by atoms with Crippen LogP contribution in [0.5, 0.6) is 0 Å². The second-order valence-corrected chi connectivity index (χ2v) is 9.40. The van der Waals surface area contributed by atoms with Crippen molar-refractivity contribution in [1.29, 1.82) is 0 Å². The standard InChI is InChI=1S/C29H27ClN4O2/c1-3-21-6-4-5-19(2)28(21)31-29(36)23-9-7-20(8-10-23)18-33-26-17-25(22-11-13-24(30)14-12-22)32-34(26)16-15-27(33)35/h4-14,17H,3,15-16,18H2,1-2H3,(H,31,36). The number of carbonyl (C=O) groups is 2. The van der Waals surface area contributed by atoms with Crippen molar-refractivity contribution in [2.75, 3.05) is 10.2 Å². The van der Waals surface area contributed by atoms with E-state index in [1.165, 1.54) is 0 Å². The molecule has 2 amide bonds. The number of hydrogen-bond donors (Lipinski definition) is 1. The molecule has 0 bridgehead atoms. The first-order valence-electron chi connectivity index (χ1n) is 12.1. The SMILES string of the molecule is CCc1cccc(C)c1NC(=O)c1ccc(CN2C(=O)CCn3nc(-c4ccc(Cl)cc4)cc32)cc1. The molecule has 1 aliphatic heterocycles. The van der Waals surface area contributed by atoms with Crippen molar-refractivity contribution in [3.8, 4) is 11.3 Å². The molecule has 2 heterocycles. The molecular formula is C29H27ClN4O2. The minimum Gasteiger partial charge on any atom is -0.321 e. The highest BCUT2D eigenvalue weighted by Gasteiger charge is 2.26. The van der Waals surface area contributed by atoms with E-state index < -0.39 is 0 Å². The third-order valence-corrected chi connectivity index (χ3v) is 6.80. The van der Waals surface area contributed by atoms with E-state index in [-0.39, 0.29) is 11.8 Å². The molecule has 0 unspecified atom stereocenters. The lowest BCUT2D eigenvalue weighted by atomic mass is 10.0. The first-order valence-corrected chi connectivity index (χ1v) is 12.4. The van der Waals surface area contributed by atoms with Gasteiger partial charge in [0, 0.05) is 34.3 Å². The molecule has 0 saturated carbocycles. The van der Waals surface area contributed by atoms with Crippen LogP contribution in [0.3, 0.4) is 0 Å². The van der Waals surface area contributed by atoms with Gasteiger partial charge >= 0.3 is 0 Å². The molecule has 0 radical (unpaired) electrons. The quantitative estimate of drug-likeness (QED) is 0.341. The average Bonchev–Trinajstić information content (AvgIpc) is 3.32. The molecule has 7 heteroatoms. The van der Waals surface area contributed by atoms with Gasteiger partial charge in [0.2, 0.25) is 5.91 Å². The Labute approximate surface area is 215 Å². The van der Waals surface area contributed by atoms with Crippen molar-refractivity contribution >= 4 is 34.9 Å². The summed E-state index contributed by atoms with van der Waals surface area (Å²) in [7, 11) is 0. The number of fused-ring (bicyclic) bond motifs is 1. The summed E-state index contributed by atoms with van der Waals surface area (Å²) in [5, 5.41) is 8.44. The summed E-state index contributed by atoms with van der Waals surface area (Å²) in [4.78, 5) is 27.5. The van der Waals surface area contributed by atoms with Gasteiger partial charge in [-0.25, -0.2) is 4.68 Å². The lowest BCUT2D eigenvalue weighted by Crippen LogP contribution is -2.36. The number of carbonyl (C=O) groups excluding carboxylic acids is 2. The Kier molecular flexibility index (Phi) is 6.61. The molecule has 0 saturated heterocycles. The van der Waals surface area contributed by atoms with Crippen molar-refractivity contribution in [3.63, 3.8) is 0 Å². The van der Waals surface area contributed by atoms with Crippen LogP contribution in [0.25, 0.3) is 11.3 Å². The molecule has 1 N–H and O–H groups in total. The van der Waals surface area contributed by atoms with Crippen LogP contribution in [0, 0.1) is 6.92 Å². The number of aryl methyl sites for hydroxylation is 3. The number of amides is 2. The molecule has 36 heavy (non-hydrogen) atoms. The highest BCUT2D eigenvalue weighted by molar-refractivity contribution is 6.30. The Morgan fingerprint density at radius 2 is 1.81 bits per heavy atom. The van der Waals surface area contributed by atoms with Crippen molar-refractivity contribution in [1.82, 2.24) is 9.78 Å². The molecule has 5 rings (SSSR count). The van der Waals surface area contributed by atoms with Gasteiger partial charge in [0.05, 0.1) is 18.8 Å². The van der Waals surface area contributed by atoms with Crippen LogP contribution in [-0.2, 0) is 24.3 Å². The third-order valence-electron chi connectivity index (χ3n) is 6.55. The average molecular weight is 499 g/mol. The first kappa shape index (κ1) is 23.8. The van der Waals surface area contributed by atoms with Crippen LogP contribution in [0.1, 0.15) is 40.4 Å². The Balaban J connectivity index is 1.33. The smallest absolute Gasteiger partial charge is 0.255 e. The first-order chi connectivity index (χ1) is 17.4. The predicted octanol–water partition coefficient (Wildman–Crippen LogP) is 6.26. The molecular weight excluding hydrogens is 472 g/mol. The van der Waals surface area contributed by atoms with E-state index in [9.17, 15) is 9.59 Å². The monoisotopic (exact) mass is 498 g/mol. The molecule has 3 aromatic carbocycles. The fourth-order valence-electron chi connectivity index (χ4n) is 4.52. The number of halogens is 1. The lowest BCUT2D eigenvalue weighted by molar-refractivity contribution is -0.119. The van der Waals surface area contributed by atoms with Gasteiger partial charge in [-0.05, 0) is 54.3 Å². The van der Waals surface area contributed by atoms with E-state index in [1.807, 2.05) is 72.3 Å². The topological polar surface area (TPSA) is 67.2 Å². The highest BCUT2D eigenvalue weighted by Crippen LogP contribution is 2.30. The van der Waals surface area contributed by atoms with E-state index in [1.54, 1.807) is 17.0 Å². The minimum absolute atomic E-state index is 0.0542. The van der Waals surface area contributed by atoms with Gasteiger partial charge in [0.1, 0.15) is 5.82 Å². The maximum Gasteiger partial charge on any atom is 0.255 e. The molecule has 0 spiro atoms. The molecule has 4 aromatic rings. The Morgan fingerprint density at radius 3 is 2.53 bits per heavy atom. The molecule has 1 aromatic heterocycles. The number of hydrogen-bond acceptors (Lipinski definition) is 3. The zero-order valence-electron chi connectivity index (χ0n) is 20.3. The summed E-state index contributed by atoms with van der Waals surface area (Å²) in [6, 6.07) is 22.9. The zero-order valence-corrected chi connectivity index (χ0v) is 21.0. The van der Waals surface area contributed by atoms with Crippen LogP contribution in [0.4, 0.5) is 11.5 Å². The Hall–Kier alpha value is -3.90. The third kappa shape index (κ3) is 4.77. The van der Waals surface area contributed by atoms with Gasteiger partial charge in [-0.3, -0.25) is 14.5 Å². The number of aromatic nitrogens is 2. The largest absolute Gasteiger partial charge is 0.321 e. The van der Waals surface area contributed by atoms with Crippen LogP contribution in [-0.4, -0.2) is 21.6 Å². The molecule has 182 valence electrons. The van der Waals surface area contributed by atoms with Gasteiger partial charge < -0.3 is 5.32 Å². The maximum absolute atomic E-state index is 12.9. The summed E-state index contributed by atoms with van der Waals surface area (Å²) in [6.45, 7) is 5.03. The number of benzene rings is 3. The summed E-state index contributed by atoms with van der Waals surface area (Å²) in [5.41, 5.74) is 6.28. The van der Waals surface area contributed by atoms with Crippen molar-refractivity contribution < 1.29 is 9.59 Å². The molecule has 1 aliphatic rings. The Bertz CT molecular complexity index is 1420. The van der Waals surface area contributed by atoms with Crippen molar-refractivity contribution in [3.05, 3.63) is 100 Å². The van der Waals surface area contributed by atoms with Crippen LogP contribution in [0.15, 0.2) is 72.8 Å². The van der Waals surface area contributed by atoms with E-state index in [2.05, 4.69) is 12.2 Å². The van der Waals surface area contributed by atoms with Crippen LogP contribution >= 0.6 is 11.6 Å². The van der Waals surface area contributed by atoms with Gasteiger partial charge in [0.25, 0.3) is 5.91 Å². The summed E-state index contributed by atoms with van der Waals surface area (Å²) in [5.74, 6) is 0.675. The van der Waals surface area contributed by atoms with Gasteiger partial charge in [0.15, 0.2) is 0 Å². The van der Waals surface area contributed by atoms with E-state index in [0.29, 0.717) is 30.1 Å². The number of nitrogens with one attached hydrogen (secondary N) is 1. The van der Waals surface area contributed by atoms with Gasteiger partial charge in [-0.2, -0.15) is 5.10 Å². The van der Waals surface area contributed by atoms with Crippen molar-refractivity contribution in [2.24, 2.45) is 0 Å². The summed E-state index contributed by atoms with van der Waals surface area (Å²) < 4.78 is 1.88. The molecule has 0 atom stereocenters. The molecule has 6 nitrogen and oxygen atoms in total. The second-order valence-electron chi connectivity index (χ2n) is 8.96. The Morgan fingerprint density at radius 1 is 1.06 bits per heavy atom. The summed E-state index contributed by atoms with van der Waals surface area (Å²) in [6.07, 6.45) is 1.24. The number of para-hydroxylation sites is 1. The number of nitrogens with zero attached hydrogens (tertiary/aromatic N) is 3. The second kappa shape index (κ2) is 9.99.